The third-order valence-corrected chi connectivity index (χ3v) is 1.92. The highest BCUT2D eigenvalue weighted by atomic mass is 19.1. The van der Waals surface area contributed by atoms with Gasteiger partial charge in [-0.05, 0) is 24.3 Å². The number of carboxylic acid groups (broad SMARTS) is 1. The van der Waals surface area contributed by atoms with E-state index in [1.54, 1.807) is 6.08 Å². The van der Waals surface area contributed by atoms with Crippen molar-refractivity contribution in [2.45, 2.75) is 6.10 Å². The summed E-state index contributed by atoms with van der Waals surface area (Å²) >= 11 is 0. The van der Waals surface area contributed by atoms with Gasteiger partial charge in [-0.1, -0.05) is 6.08 Å². The van der Waals surface area contributed by atoms with E-state index in [1.165, 1.54) is 24.3 Å². The predicted octanol–water partition coefficient (Wildman–Crippen LogP) is 1.68. The molecule has 0 spiro atoms. The van der Waals surface area contributed by atoms with Gasteiger partial charge in [-0.25, -0.2) is 9.18 Å². The molecular formula is C10H7FO3. The van der Waals surface area contributed by atoms with Gasteiger partial charge in [0, 0.05) is 5.56 Å². The van der Waals surface area contributed by atoms with Crippen LogP contribution in [-0.4, -0.2) is 17.2 Å². The molecule has 14 heavy (non-hydrogen) atoms. The number of benzene rings is 1. The summed E-state index contributed by atoms with van der Waals surface area (Å²) in [6.45, 7) is 0. The fraction of sp³-hybridized carbons (Fsp3) is 0.100. The van der Waals surface area contributed by atoms with Gasteiger partial charge in [0.05, 0.1) is 0 Å². The van der Waals surface area contributed by atoms with Crippen molar-refractivity contribution < 1.29 is 19.0 Å². The lowest BCUT2D eigenvalue weighted by molar-refractivity contribution is -0.142. The van der Waals surface area contributed by atoms with Crippen LogP contribution in [0.3, 0.4) is 0 Å². The van der Waals surface area contributed by atoms with Crippen molar-refractivity contribution in [3.8, 4) is 5.75 Å². The van der Waals surface area contributed by atoms with Gasteiger partial charge in [-0.15, -0.1) is 0 Å². The monoisotopic (exact) mass is 194 g/mol. The van der Waals surface area contributed by atoms with Crippen LogP contribution in [-0.2, 0) is 4.79 Å². The largest absolute Gasteiger partial charge is 0.478 e. The number of halogens is 1. The lowest BCUT2D eigenvalue weighted by Gasteiger charge is -2.17. The fourth-order valence-corrected chi connectivity index (χ4v) is 1.26. The Morgan fingerprint density at radius 2 is 2.29 bits per heavy atom. The third kappa shape index (κ3) is 1.46. The van der Waals surface area contributed by atoms with E-state index in [4.69, 9.17) is 9.84 Å². The summed E-state index contributed by atoms with van der Waals surface area (Å²) in [5.41, 5.74) is 0.558. The Bertz CT molecular complexity index is 412. The SMILES string of the molecule is O=C(O)C1C=Cc2cc(F)ccc2O1. The molecule has 1 N–H and O–H groups in total. The van der Waals surface area contributed by atoms with E-state index in [-0.39, 0.29) is 5.82 Å². The van der Waals surface area contributed by atoms with Crippen LogP contribution in [0.4, 0.5) is 4.39 Å². The quantitative estimate of drug-likeness (QED) is 0.739. The van der Waals surface area contributed by atoms with Crippen LogP contribution in [0.25, 0.3) is 6.08 Å². The van der Waals surface area contributed by atoms with E-state index in [1.807, 2.05) is 0 Å². The van der Waals surface area contributed by atoms with E-state index in [2.05, 4.69) is 0 Å². The lowest BCUT2D eigenvalue weighted by Crippen LogP contribution is -2.26. The molecule has 2 rings (SSSR count). The maximum Gasteiger partial charge on any atom is 0.349 e. The molecule has 0 fully saturated rings. The third-order valence-electron chi connectivity index (χ3n) is 1.92. The zero-order valence-electron chi connectivity index (χ0n) is 7.11. The number of fused-ring (bicyclic) bond motifs is 1. The van der Waals surface area contributed by atoms with Crippen LogP contribution < -0.4 is 4.74 Å². The molecule has 1 unspecified atom stereocenters. The van der Waals surface area contributed by atoms with E-state index in [0.29, 0.717) is 11.3 Å². The first-order valence-corrected chi connectivity index (χ1v) is 4.04. The first-order chi connectivity index (χ1) is 6.66. The molecule has 0 bridgehead atoms. The van der Waals surface area contributed by atoms with Crippen molar-refractivity contribution in [1.29, 1.82) is 0 Å². The molecular weight excluding hydrogens is 187 g/mol. The second-order valence-corrected chi connectivity index (χ2v) is 2.92. The van der Waals surface area contributed by atoms with Gasteiger partial charge in [0.15, 0.2) is 0 Å². The van der Waals surface area contributed by atoms with E-state index < -0.39 is 12.1 Å². The van der Waals surface area contributed by atoms with Crippen molar-refractivity contribution >= 4 is 12.0 Å². The average Bonchev–Trinajstić information content (AvgIpc) is 2.16. The first-order valence-electron chi connectivity index (χ1n) is 4.04. The van der Waals surface area contributed by atoms with Gasteiger partial charge in [0.1, 0.15) is 11.6 Å². The normalized spacial score (nSPS) is 18.5. The zero-order valence-corrected chi connectivity index (χ0v) is 7.11. The molecule has 0 saturated heterocycles. The number of carbonyl (C=O) groups is 1. The summed E-state index contributed by atoms with van der Waals surface area (Å²) in [6.07, 6.45) is 1.94. The molecule has 1 aromatic rings. The Balaban J connectivity index is 2.36. The molecule has 1 aliphatic heterocycles. The molecule has 1 aromatic carbocycles. The van der Waals surface area contributed by atoms with Crippen LogP contribution >= 0.6 is 0 Å². The summed E-state index contributed by atoms with van der Waals surface area (Å²) in [5, 5.41) is 8.67. The molecule has 1 atom stereocenters. The van der Waals surface area contributed by atoms with Crippen molar-refractivity contribution in [1.82, 2.24) is 0 Å². The molecule has 1 heterocycles. The molecule has 0 aliphatic carbocycles. The van der Waals surface area contributed by atoms with Gasteiger partial charge in [-0.2, -0.15) is 0 Å². The van der Waals surface area contributed by atoms with E-state index in [9.17, 15) is 9.18 Å². The number of rotatable bonds is 1. The molecule has 72 valence electrons. The van der Waals surface area contributed by atoms with Crippen LogP contribution in [0.1, 0.15) is 5.56 Å². The molecule has 0 radical (unpaired) electrons. The fourth-order valence-electron chi connectivity index (χ4n) is 1.26. The molecule has 0 aromatic heterocycles. The Hall–Kier alpha value is -1.84. The Kier molecular flexibility index (Phi) is 1.96. The minimum atomic E-state index is -1.06. The molecule has 4 heteroatoms. The first kappa shape index (κ1) is 8.74. The van der Waals surface area contributed by atoms with Crippen molar-refractivity contribution in [3.63, 3.8) is 0 Å². The smallest absolute Gasteiger partial charge is 0.349 e. The predicted molar refractivity (Wildman–Crippen MR) is 47.5 cm³/mol. The Morgan fingerprint density at radius 3 is 3.00 bits per heavy atom. The highest BCUT2D eigenvalue weighted by Crippen LogP contribution is 2.26. The molecule has 3 nitrogen and oxygen atoms in total. The topological polar surface area (TPSA) is 46.5 Å². The Labute approximate surface area is 79.4 Å². The highest BCUT2D eigenvalue weighted by Gasteiger charge is 2.20. The summed E-state index contributed by atoms with van der Waals surface area (Å²) < 4.78 is 17.8. The summed E-state index contributed by atoms with van der Waals surface area (Å²) in [5.74, 6) is -1.04. The number of hydrogen-bond acceptors (Lipinski definition) is 2. The van der Waals surface area contributed by atoms with Crippen LogP contribution in [0.5, 0.6) is 5.75 Å². The van der Waals surface area contributed by atoms with Crippen LogP contribution in [0, 0.1) is 5.82 Å². The molecule has 1 aliphatic rings. The number of hydrogen-bond donors (Lipinski definition) is 1. The average molecular weight is 194 g/mol. The summed E-state index contributed by atoms with van der Waals surface area (Å²) in [6, 6.07) is 3.95. The standard InChI is InChI=1S/C10H7FO3/c11-7-2-4-8-6(5-7)1-3-9(14-8)10(12)13/h1-5,9H,(H,12,13). The lowest BCUT2D eigenvalue weighted by atomic mass is 10.1. The van der Waals surface area contributed by atoms with Crippen LogP contribution in [0.15, 0.2) is 24.3 Å². The highest BCUT2D eigenvalue weighted by molar-refractivity contribution is 5.78. The zero-order chi connectivity index (χ0) is 10.1. The van der Waals surface area contributed by atoms with Gasteiger partial charge < -0.3 is 9.84 Å². The van der Waals surface area contributed by atoms with Gasteiger partial charge >= 0.3 is 5.97 Å². The van der Waals surface area contributed by atoms with Crippen molar-refractivity contribution in [2.75, 3.05) is 0 Å². The minimum Gasteiger partial charge on any atom is -0.478 e. The maximum atomic E-state index is 12.7. The van der Waals surface area contributed by atoms with Gasteiger partial charge in [0.2, 0.25) is 6.10 Å². The van der Waals surface area contributed by atoms with Crippen molar-refractivity contribution in [3.05, 3.63) is 35.7 Å². The second kappa shape index (κ2) is 3.14. The van der Waals surface area contributed by atoms with Crippen molar-refractivity contribution in [2.24, 2.45) is 0 Å². The number of carboxylic acids is 1. The van der Waals surface area contributed by atoms with Gasteiger partial charge in [0.25, 0.3) is 0 Å². The minimum absolute atomic E-state index is 0.370. The molecule has 0 saturated carbocycles. The Morgan fingerprint density at radius 1 is 1.50 bits per heavy atom. The summed E-state index contributed by atoms with van der Waals surface area (Å²) in [4.78, 5) is 10.6. The maximum absolute atomic E-state index is 12.7. The second-order valence-electron chi connectivity index (χ2n) is 2.92. The number of aliphatic carboxylic acids is 1. The summed E-state index contributed by atoms with van der Waals surface area (Å²) in [7, 11) is 0. The van der Waals surface area contributed by atoms with E-state index in [0.717, 1.165) is 0 Å². The van der Waals surface area contributed by atoms with E-state index >= 15 is 0 Å². The molecule has 0 amide bonds. The van der Waals surface area contributed by atoms with Crippen LogP contribution in [0.2, 0.25) is 0 Å². The van der Waals surface area contributed by atoms with Gasteiger partial charge in [-0.3, -0.25) is 0 Å². The number of ether oxygens (including phenoxy) is 1.